The normalized spacial score (nSPS) is 11.5. The summed E-state index contributed by atoms with van der Waals surface area (Å²) in [6.45, 7) is 7.82. The molecule has 0 radical (unpaired) electrons. The van der Waals surface area contributed by atoms with E-state index in [0.717, 1.165) is 54.0 Å². The van der Waals surface area contributed by atoms with E-state index in [1.54, 1.807) is 36.4 Å². The maximum atomic E-state index is 12.8. The fourth-order valence-electron chi connectivity index (χ4n) is 5.20. The van der Waals surface area contributed by atoms with Crippen LogP contribution in [0.3, 0.4) is 0 Å². The molecule has 0 aliphatic carbocycles. The Bertz CT molecular complexity index is 2070. The highest BCUT2D eigenvalue weighted by atomic mass is 16.5. The van der Waals surface area contributed by atoms with Gasteiger partial charge in [-0.25, -0.2) is 0 Å². The number of hydrogen-bond donors (Lipinski definition) is 2. The second-order valence-corrected chi connectivity index (χ2v) is 11.4. The van der Waals surface area contributed by atoms with Crippen molar-refractivity contribution < 1.29 is 20.0 Å². The minimum absolute atomic E-state index is 0.195. The third-order valence-electron chi connectivity index (χ3n) is 7.77. The highest BCUT2D eigenvalue weighted by Gasteiger charge is 2.16. The molecule has 0 fully saturated rings. The van der Waals surface area contributed by atoms with Crippen LogP contribution in [-0.4, -0.2) is 31.7 Å². The molecule has 8 nitrogen and oxygen atoms in total. The molecule has 2 heterocycles. The van der Waals surface area contributed by atoms with Gasteiger partial charge in [-0.15, -0.1) is 0 Å². The van der Waals surface area contributed by atoms with Gasteiger partial charge in [0.05, 0.1) is 11.1 Å². The molecule has 0 aliphatic heterocycles. The smallest absolute Gasteiger partial charge is 0.279 e. The van der Waals surface area contributed by atoms with Crippen LogP contribution in [0, 0.1) is 27.7 Å². The average molecular weight is 637 g/mol. The van der Waals surface area contributed by atoms with Crippen molar-refractivity contribution in [3.05, 3.63) is 178 Å². The highest BCUT2D eigenvalue weighted by Crippen LogP contribution is 2.28. The molecule has 0 aliphatic rings. The molecule has 0 spiro atoms. The molecule has 4 aromatic carbocycles. The van der Waals surface area contributed by atoms with Gasteiger partial charge in [-0.1, -0.05) is 108 Å². The molecule has 0 unspecified atom stereocenters. The van der Waals surface area contributed by atoms with Crippen molar-refractivity contribution in [1.82, 2.24) is 9.46 Å². The number of carbonyl (C=O) groups excluding carboxylic acids is 2. The minimum atomic E-state index is -0.377. The molecule has 6 aromatic rings. The molecular weight excluding hydrogens is 600 g/mol. The monoisotopic (exact) mass is 636 g/mol. The molecule has 0 saturated carbocycles. The van der Waals surface area contributed by atoms with Gasteiger partial charge in [0.1, 0.15) is 0 Å². The predicted molar refractivity (Wildman–Crippen MR) is 186 cm³/mol. The summed E-state index contributed by atoms with van der Waals surface area (Å²) in [4.78, 5) is 33.6. The van der Waals surface area contributed by atoms with Gasteiger partial charge in [0.2, 0.25) is 0 Å². The summed E-state index contributed by atoms with van der Waals surface area (Å²) < 4.78 is 1.67. The molecule has 0 atom stereocenters. The number of hydrogen-bond acceptors (Lipinski definition) is 4. The van der Waals surface area contributed by atoms with Crippen LogP contribution in [-0.2, 0) is 0 Å². The SMILES string of the molecule is Cc1ccc(-c2cccc(C)c2C(=O)N=c2ccccn2O)cc1.Cc1ccc(-c2cccc(C)c2C(=O)N=c2ccccn2O)cc1. The number of carbonyl (C=O) groups is 2. The Balaban J connectivity index is 0.000000188. The number of pyridine rings is 2. The Hall–Kier alpha value is -6.28. The number of aryl methyl sites for hydroxylation is 4. The lowest BCUT2D eigenvalue weighted by Gasteiger charge is -2.10. The van der Waals surface area contributed by atoms with E-state index in [0.29, 0.717) is 11.1 Å². The average Bonchev–Trinajstić information content (AvgIpc) is 3.07. The van der Waals surface area contributed by atoms with Crippen LogP contribution in [0.1, 0.15) is 43.0 Å². The lowest BCUT2D eigenvalue weighted by atomic mass is 9.95. The molecule has 0 saturated heterocycles. The molecule has 2 N–H and O–H groups in total. The third-order valence-corrected chi connectivity index (χ3v) is 7.77. The van der Waals surface area contributed by atoms with Crippen LogP contribution in [0.2, 0.25) is 0 Å². The zero-order valence-corrected chi connectivity index (χ0v) is 27.2. The summed E-state index contributed by atoms with van der Waals surface area (Å²) in [6.07, 6.45) is 2.87. The standard InChI is InChI=1S/2C20H18N2O2/c2*1-14-9-11-16(12-10-14)17-7-5-6-15(2)19(17)20(23)21-18-8-3-4-13-22(18)24/h2*3-13,24H,1-2H3. The van der Waals surface area contributed by atoms with E-state index in [1.807, 2.05) is 113 Å². The number of rotatable bonds is 4. The van der Waals surface area contributed by atoms with Crippen molar-refractivity contribution in [2.75, 3.05) is 0 Å². The first-order valence-corrected chi connectivity index (χ1v) is 15.4. The number of nitrogens with zero attached hydrogens (tertiary/aromatic N) is 4. The van der Waals surface area contributed by atoms with Gasteiger partial charge < -0.3 is 10.4 Å². The summed E-state index contributed by atoms with van der Waals surface area (Å²) in [5.74, 6) is -0.754. The maximum absolute atomic E-state index is 12.8. The Morgan fingerprint density at radius 1 is 0.479 bits per heavy atom. The molecular formula is C40H36N4O4. The van der Waals surface area contributed by atoms with E-state index in [9.17, 15) is 20.0 Å². The highest BCUT2D eigenvalue weighted by molar-refractivity contribution is 6.03. The second kappa shape index (κ2) is 14.9. The Morgan fingerprint density at radius 3 is 1.21 bits per heavy atom. The van der Waals surface area contributed by atoms with Crippen molar-refractivity contribution in [2.45, 2.75) is 27.7 Å². The largest absolute Gasteiger partial charge is 0.427 e. The van der Waals surface area contributed by atoms with Gasteiger partial charge in [0.25, 0.3) is 11.8 Å². The molecule has 240 valence electrons. The summed E-state index contributed by atoms with van der Waals surface area (Å²) >= 11 is 0. The summed E-state index contributed by atoms with van der Waals surface area (Å²) in [5, 5.41) is 19.5. The van der Waals surface area contributed by atoms with Gasteiger partial charge in [-0.2, -0.15) is 19.4 Å². The summed E-state index contributed by atoms with van der Waals surface area (Å²) in [6, 6.07) is 37.4. The first-order chi connectivity index (χ1) is 23.1. The lowest BCUT2D eigenvalue weighted by Crippen LogP contribution is -2.19. The van der Waals surface area contributed by atoms with E-state index in [2.05, 4.69) is 9.98 Å². The van der Waals surface area contributed by atoms with Crippen LogP contribution in [0.25, 0.3) is 22.3 Å². The quantitative estimate of drug-likeness (QED) is 0.195. The summed E-state index contributed by atoms with van der Waals surface area (Å²) in [5.41, 5.74) is 9.11. The first kappa shape index (κ1) is 33.1. The zero-order valence-electron chi connectivity index (χ0n) is 27.2. The molecule has 2 aromatic heterocycles. The Kier molecular flexibility index (Phi) is 10.3. The van der Waals surface area contributed by atoms with Gasteiger partial charge >= 0.3 is 0 Å². The van der Waals surface area contributed by atoms with Crippen LogP contribution in [0.5, 0.6) is 0 Å². The van der Waals surface area contributed by atoms with Crippen LogP contribution >= 0.6 is 0 Å². The minimum Gasteiger partial charge on any atom is -0.427 e. The molecule has 48 heavy (non-hydrogen) atoms. The lowest BCUT2D eigenvalue weighted by molar-refractivity contribution is 0.0980. The van der Waals surface area contributed by atoms with Crippen molar-refractivity contribution in [3.63, 3.8) is 0 Å². The van der Waals surface area contributed by atoms with Crippen LogP contribution in [0.15, 0.2) is 144 Å². The Labute approximate surface area is 278 Å². The fourth-order valence-corrected chi connectivity index (χ4v) is 5.20. The zero-order chi connectivity index (χ0) is 34.2. The van der Waals surface area contributed by atoms with Crippen molar-refractivity contribution in [3.8, 4) is 22.3 Å². The van der Waals surface area contributed by atoms with Crippen molar-refractivity contribution >= 4 is 11.8 Å². The van der Waals surface area contributed by atoms with E-state index in [-0.39, 0.29) is 22.8 Å². The van der Waals surface area contributed by atoms with Gasteiger partial charge in [0.15, 0.2) is 11.0 Å². The topological polar surface area (TPSA) is 109 Å². The van der Waals surface area contributed by atoms with Gasteiger partial charge in [0, 0.05) is 12.4 Å². The van der Waals surface area contributed by atoms with Crippen molar-refractivity contribution in [1.29, 1.82) is 0 Å². The van der Waals surface area contributed by atoms with Crippen molar-refractivity contribution in [2.24, 2.45) is 9.98 Å². The number of aromatic nitrogens is 2. The Morgan fingerprint density at radius 2 is 0.854 bits per heavy atom. The van der Waals surface area contributed by atoms with Crippen LogP contribution < -0.4 is 11.0 Å². The fraction of sp³-hybridized carbons (Fsp3) is 0.100. The van der Waals surface area contributed by atoms with E-state index < -0.39 is 0 Å². The van der Waals surface area contributed by atoms with Gasteiger partial charge in [-0.3, -0.25) is 9.59 Å². The molecule has 0 bridgehead atoms. The molecule has 8 heteroatoms. The first-order valence-electron chi connectivity index (χ1n) is 15.4. The number of amides is 2. The predicted octanol–water partition coefficient (Wildman–Crippen LogP) is 7.50. The third kappa shape index (κ3) is 7.74. The second-order valence-electron chi connectivity index (χ2n) is 11.4. The van der Waals surface area contributed by atoms with Crippen LogP contribution in [0.4, 0.5) is 0 Å². The molecule has 2 amide bonds. The number of benzene rings is 4. The maximum Gasteiger partial charge on any atom is 0.279 e. The summed E-state index contributed by atoms with van der Waals surface area (Å²) in [7, 11) is 0. The molecule has 6 rings (SSSR count). The van der Waals surface area contributed by atoms with Gasteiger partial charge in [-0.05, 0) is 85.3 Å². The van der Waals surface area contributed by atoms with E-state index in [1.165, 1.54) is 12.4 Å². The van der Waals surface area contributed by atoms with E-state index >= 15 is 0 Å². The van der Waals surface area contributed by atoms with E-state index in [4.69, 9.17) is 0 Å².